The van der Waals surface area contributed by atoms with Crippen molar-refractivity contribution in [3.05, 3.63) is 107 Å². The van der Waals surface area contributed by atoms with Gasteiger partial charge in [0, 0.05) is 29.3 Å². The van der Waals surface area contributed by atoms with E-state index in [9.17, 15) is 14.7 Å². The van der Waals surface area contributed by atoms with Crippen molar-refractivity contribution in [2.45, 2.75) is 62.9 Å². The molecule has 0 aliphatic carbocycles. The number of rotatable bonds is 9. The Bertz CT molecular complexity index is 1780. The fourth-order valence-corrected chi connectivity index (χ4v) is 10.2. The molecule has 0 unspecified atom stereocenters. The maximum Gasteiger partial charge on any atom is 0.414 e. The monoisotopic (exact) mass is 655 g/mol. The van der Waals surface area contributed by atoms with Crippen LogP contribution in [0.2, 0.25) is 18.6 Å². The molecule has 5 atom stereocenters. The second-order valence-electron chi connectivity index (χ2n) is 13.1. The minimum Gasteiger partial charge on any atom is -0.447 e. The normalized spacial score (nSPS) is 24.7. The fourth-order valence-electron chi connectivity index (χ4n) is 7.64. The number of anilines is 2. The molecule has 3 aliphatic heterocycles. The van der Waals surface area contributed by atoms with E-state index in [0.29, 0.717) is 54.3 Å². The molecule has 1 N–H and O–H groups in total. The maximum atomic E-state index is 16.4. The van der Waals surface area contributed by atoms with Gasteiger partial charge in [0.05, 0.1) is 31.1 Å². The second kappa shape index (κ2) is 12.0. The number of carbonyl (C=O) groups excluding carboxylic acids is 2. The van der Waals surface area contributed by atoms with Crippen LogP contribution in [0.5, 0.6) is 0 Å². The van der Waals surface area contributed by atoms with Crippen molar-refractivity contribution < 1.29 is 28.3 Å². The number of aromatic nitrogens is 3. The summed E-state index contributed by atoms with van der Waals surface area (Å²) in [6, 6.07) is 24.5. The van der Waals surface area contributed by atoms with Gasteiger partial charge in [0.2, 0.25) is 8.41 Å². The Morgan fingerprint density at radius 3 is 2.47 bits per heavy atom. The summed E-state index contributed by atoms with van der Waals surface area (Å²) in [5.74, 6) is -0.719. The molecule has 1 spiro atoms. The molecule has 0 saturated carbocycles. The SMILES string of the molecule is C[C@@H]1[C@@H]([Si](C)(C)F)[C@H](CCn2cc([C@H](O)c3ccccc3)nn2)O[C@@]12C(=O)N(Cc1ccccc1)c1ccc(N3CCOC3=O)cc12. The van der Waals surface area contributed by atoms with Crippen LogP contribution in [0, 0.1) is 5.92 Å². The number of hydrogen-bond donors (Lipinski definition) is 1. The molecule has 4 heterocycles. The first-order valence-electron chi connectivity index (χ1n) is 16.0. The van der Waals surface area contributed by atoms with Gasteiger partial charge >= 0.3 is 6.09 Å². The molecular weight excluding hydrogens is 617 g/mol. The third kappa shape index (κ3) is 5.43. The van der Waals surface area contributed by atoms with E-state index < -0.39 is 43.8 Å². The molecule has 2 amide bonds. The zero-order valence-electron chi connectivity index (χ0n) is 26.6. The Hall–Kier alpha value is -4.39. The van der Waals surface area contributed by atoms with Gasteiger partial charge in [-0.1, -0.05) is 72.8 Å². The van der Waals surface area contributed by atoms with Crippen LogP contribution in [-0.4, -0.2) is 59.8 Å². The van der Waals surface area contributed by atoms with Crippen molar-refractivity contribution in [2.75, 3.05) is 23.0 Å². The lowest BCUT2D eigenvalue weighted by Gasteiger charge is -2.31. The molecule has 0 bridgehead atoms. The van der Waals surface area contributed by atoms with Crippen LogP contribution in [-0.2, 0) is 33.0 Å². The molecule has 12 heteroatoms. The van der Waals surface area contributed by atoms with E-state index in [1.165, 1.54) is 0 Å². The largest absolute Gasteiger partial charge is 0.447 e. The van der Waals surface area contributed by atoms with Gasteiger partial charge in [-0.15, -0.1) is 5.10 Å². The summed E-state index contributed by atoms with van der Waals surface area (Å²) in [5, 5.41) is 19.2. The molecule has 2 saturated heterocycles. The van der Waals surface area contributed by atoms with Crippen molar-refractivity contribution >= 4 is 31.8 Å². The lowest BCUT2D eigenvalue weighted by molar-refractivity contribution is -0.146. The summed E-state index contributed by atoms with van der Waals surface area (Å²) in [4.78, 5) is 30.5. The first-order valence-corrected chi connectivity index (χ1v) is 19.0. The number of nitrogens with zero attached hydrogens (tertiary/aromatic N) is 5. The summed E-state index contributed by atoms with van der Waals surface area (Å²) in [5.41, 5.74) is 2.07. The number of cyclic esters (lactones) is 1. The molecule has 47 heavy (non-hydrogen) atoms. The van der Waals surface area contributed by atoms with Gasteiger partial charge in [0.25, 0.3) is 5.91 Å². The van der Waals surface area contributed by atoms with Crippen LogP contribution in [0.1, 0.15) is 41.8 Å². The van der Waals surface area contributed by atoms with Crippen molar-refractivity contribution in [1.29, 1.82) is 0 Å². The minimum absolute atomic E-state index is 0.232. The number of hydrogen-bond acceptors (Lipinski definition) is 7. The van der Waals surface area contributed by atoms with Crippen LogP contribution < -0.4 is 9.80 Å². The van der Waals surface area contributed by atoms with E-state index >= 15 is 4.11 Å². The highest BCUT2D eigenvalue weighted by Gasteiger charge is 2.66. The highest BCUT2D eigenvalue weighted by Crippen LogP contribution is 2.60. The average molecular weight is 656 g/mol. The number of benzene rings is 3. The van der Waals surface area contributed by atoms with Gasteiger partial charge in [0.1, 0.15) is 18.4 Å². The van der Waals surface area contributed by atoms with E-state index in [1.54, 1.807) is 33.8 Å². The predicted octanol–water partition coefficient (Wildman–Crippen LogP) is 5.73. The number of aliphatic hydroxyl groups is 1. The number of ether oxygens (including phenoxy) is 2. The van der Waals surface area contributed by atoms with Gasteiger partial charge < -0.3 is 23.6 Å². The Kier molecular flexibility index (Phi) is 7.97. The first kappa shape index (κ1) is 31.2. The van der Waals surface area contributed by atoms with E-state index in [2.05, 4.69) is 10.3 Å². The van der Waals surface area contributed by atoms with Crippen LogP contribution in [0.15, 0.2) is 85.1 Å². The van der Waals surface area contributed by atoms with Gasteiger partial charge in [0.15, 0.2) is 5.60 Å². The van der Waals surface area contributed by atoms with Crippen molar-refractivity contribution in [2.24, 2.45) is 5.92 Å². The van der Waals surface area contributed by atoms with Crippen LogP contribution in [0.4, 0.5) is 20.3 Å². The van der Waals surface area contributed by atoms with E-state index in [0.717, 1.165) is 5.56 Å². The smallest absolute Gasteiger partial charge is 0.414 e. The summed E-state index contributed by atoms with van der Waals surface area (Å²) >= 11 is 0. The molecule has 3 aromatic carbocycles. The van der Waals surface area contributed by atoms with Crippen LogP contribution in [0.3, 0.4) is 0 Å². The number of fused-ring (bicyclic) bond motifs is 2. The van der Waals surface area contributed by atoms with Gasteiger partial charge in [-0.05, 0) is 48.8 Å². The lowest BCUT2D eigenvalue weighted by Crippen LogP contribution is -2.45. The summed E-state index contributed by atoms with van der Waals surface area (Å²) < 4.78 is 30.1. The molecule has 0 radical (unpaired) electrons. The predicted molar refractivity (Wildman–Crippen MR) is 176 cm³/mol. The van der Waals surface area contributed by atoms with E-state index in [1.807, 2.05) is 85.8 Å². The first-order chi connectivity index (χ1) is 22.6. The number of aliphatic hydroxyl groups excluding tert-OH is 1. The zero-order chi connectivity index (χ0) is 32.9. The summed E-state index contributed by atoms with van der Waals surface area (Å²) in [7, 11) is -3.40. The van der Waals surface area contributed by atoms with Gasteiger partial charge in [-0.2, -0.15) is 0 Å². The topological polar surface area (TPSA) is 110 Å². The Morgan fingerprint density at radius 2 is 1.79 bits per heavy atom. The number of carbonyl (C=O) groups is 2. The highest BCUT2D eigenvalue weighted by molar-refractivity contribution is 6.72. The summed E-state index contributed by atoms with van der Waals surface area (Å²) in [6.07, 6.45) is 0.129. The van der Waals surface area contributed by atoms with Crippen LogP contribution >= 0.6 is 0 Å². The lowest BCUT2D eigenvalue weighted by atomic mass is 9.82. The van der Waals surface area contributed by atoms with Crippen molar-refractivity contribution in [3.63, 3.8) is 0 Å². The Morgan fingerprint density at radius 1 is 1.06 bits per heavy atom. The molecule has 244 valence electrons. The molecule has 3 aliphatic rings. The quantitative estimate of drug-likeness (QED) is 0.181. The Labute approximate surface area is 273 Å². The molecule has 1 aromatic heterocycles. The van der Waals surface area contributed by atoms with E-state index in [4.69, 9.17) is 9.47 Å². The molecule has 10 nitrogen and oxygen atoms in total. The average Bonchev–Trinajstić information content (AvgIpc) is 3.83. The van der Waals surface area contributed by atoms with Crippen molar-refractivity contribution in [1.82, 2.24) is 15.0 Å². The van der Waals surface area contributed by atoms with Gasteiger partial charge in [-0.3, -0.25) is 14.4 Å². The second-order valence-corrected chi connectivity index (χ2v) is 16.9. The van der Waals surface area contributed by atoms with Crippen molar-refractivity contribution in [3.8, 4) is 0 Å². The molecule has 2 fully saturated rings. The molecule has 7 rings (SSSR count). The number of amides is 2. The standard InChI is InChI=1S/C35H38FN5O5Si/c1-23-32(47(2,3)36)30(16-17-39-22-28(37-38-39)31(42)25-12-8-5-9-13-25)46-35(23)27-20-26(40-18-19-45-34(40)44)14-15-29(27)41(33(35)43)21-24-10-6-4-7-11-24/h4-15,20,22-23,30-32,42H,16-19,21H2,1-3H3/t23-,30+,31-,32-,35+/m1/s1. The van der Waals surface area contributed by atoms with Crippen LogP contribution in [0.25, 0.3) is 0 Å². The van der Waals surface area contributed by atoms with E-state index in [-0.39, 0.29) is 12.5 Å². The molecular formula is C35H38FN5O5Si. The zero-order valence-corrected chi connectivity index (χ0v) is 27.6. The van der Waals surface area contributed by atoms with Gasteiger partial charge in [-0.25, -0.2) is 4.79 Å². The molecule has 4 aromatic rings. The third-order valence-corrected chi connectivity index (χ3v) is 12.3. The Balaban J connectivity index is 1.22. The number of halogens is 1. The maximum absolute atomic E-state index is 16.4. The minimum atomic E-state index is -3.40. The fraction of sp³-hybridized carbons (Fsp3) is 0.371. The third-order valence-electron chi connectivity index (χ3n) is 9.79. The summed E-state index contributed by atoms with van der Waals surface area (Å²) in [6.45, 7) is 6.64. The highest BCUT2D eigenvalue weighted by atomic mass is 28.4. The number of aryl methyl sites for hydroxylation is 1.